The molecule has 0 aliphatic rings. The number of aromatic carboxylic acids is 1. The first-order valence-electron chi connectivity index (χ1n) is 8.05. The third-order valence-electron chi connectivity index (χ3n) is 3.92. The van der Waals surface area contributed by atoms with Crippen LogP contribution in [0.15, 0.2) is 52.3 Å². The summed E-state index contributed by atoms with van der Waals surface area (Å²) in [7, 11) is 1.65. The van der Waals surface area contributed by atoms with Crippen molar-refractivity contribution in [2.45, 2.75) is 0 Å². The Balaban J connectivity index is 1.80. The predicted octanol–water partition coefficient (Wildman–Crippen LogP) is 1.65. The Kier molecular flexibility index (Phi) is 4.16. The fraction of sp³-hybridized carbons (Fsp3) is 0.0588. The van der Waals surface area contributed by atoms with E-state index in [1.54, 1.807) is 37.5 Å². The minimum absolute atomic E-state index is 0.0638. The average molecular weight is 379 g/mol. The molecule has 140 valence electrons. The number of pyridine rings is 2. The fourth-order valence-corrected chi connectivity index (χ4v) is 2.65. The highest BCUT2D eigenvalue weighted by molar-refractivity contribution is 6.02. The number of rotatable bonds is 5. The van der Waals surface area contributed by atoms with Gasteiger partial charge in [0.25, 0.3) is 11.3 Å². The zero-order chi connectivity index (χ0) is 19.7. The van der Waals surface area contributed by atoms with Gasteiger partial charge in [0.05, 0.1) is 5.69 Å². The summed E-state index contributed by atoms with van der Waals surface area (Å²) in [5.74, 6) is -1.02. The average Bonchev–Trinajstić information content (AvgIpc) is 3.14. The Morgan fingerprint density at radius 1 is 1.25 bits per heavy atom. The van der Waals surface area contributed by atoms with Gasteiger partial charge < -0.3 is 20.3 Å². The summed E-state index contributed by atoms with van der Waals surface area (Å²) in [6, 6.07) is 6.45. The van der Waals surface area contributed by atoms with Crippen molar-refractivity contribution >= 4 is 34.2 Å². The van der Waals surface area contributed by atoms with Gasteiger partial charge in [-0.25, -0.2) is 19.7 Å². The van der Waals surface area contributed by atoms with E-state index in [2.05, 4.69) is 30.7 Å². The Morgan fingerprint density at radius 2 is 2.11 bits per heavy atom. The highest BCUT2D eigenvalue weighted by atomic mass is 16.5. The summed E-state index contributed by atoms with van der Waals surface area (Å²) in [5.41, 5.74) is 0.697. The van der Waals surface area contributed by atoms with Gasteiger partial charge >= 0.3 is 5.97 Å². The first kappa shape index (κ1) is 17.1. The molecule has 4 aromatic rings. The molecular weight excluding hydrogens is 366 g/mol. The molecule has 11 heteroatoms. The van der Waals surface area contributed by atoms with Crippen LogP contribution in [0.3, 0.4) is 0 Å². The van der Waals surface area contributed by atoms with Crippen LogP contribution in [0.5, 0.6) is 0 Å². The second-order valence-electron chi connectivity index (χ2n) is 5.61. The maximum Gasteiger partial charge on any atom is 0.377 e. The van der Waals surface area contributed by atoms with Crippen molar-refractivity contribution in [3.05, 3.63) is 59.1 Å². The maximum absolute atomic E-state index is 12.8. The van der Waals surface area contributed by atoms with Crippen LogP contribution < -0.4 is 16.2 Å². The lowest BCUT2D eigenvalue weighted by molar-refractivity contribution is 0.0655. The molecule has 0 atom stereocenters. The molecular formula is C17H13N7O4. The van der Waals surface area contributed by atoms with Crippen LogP contribution in [0.4, 0.5) is 17.2 Å². The van der Waals surface area contributed by atoms with E-state index >= 15 is 0 Å². The van der Waals surface area contributed by atoms with Crippen LogP contribution in [0.25, 0.3) is 16.9 Å². The molecule has 28 heavy (non-hydrogen) atoms. The molecule has 0 radical (unpaired) electrons. The van der Waals surface area contributed by atoms with Gasteiger partial charge in [-0.1, -0.05) is 5.16 Å². The quantitative estimate of drug-likeness (QED) is 0.467. The van der Waals surface area contributed by atoms with Crippen molar-refractivity contribution < 1.29 is 14.4 Å². The Hall–Kier alpha value is -4.28. The normalized spacial score (nSPS) is 10.8. The smallest absolute Gasteiger partial charge is 0.377 e. The van der Waals surface area contributed by atoms with Crippen molar-refractivity contribution in [3.63, 3.8) is 0 Å². The first-order chi connectivity index (χ1) is 13.6. The van der Waals surface area contributed by atoms with Gasteiger partial charge in [0.2, 0.25) is 0 Å². The Labute approximate surface area is 156 Å². The number of carboxylic acids is 1. The molecule has 4 heterocycles. The van der Waals surface area contributed by atoms with Gasteiger partial charge in [-0.15, -0.1) is 0 Å². The molecule has 0 aliphatic carbocycles. The van der Waals surface area contributed by atoms with E-state index in [4.69, 9.17) is 4.52 Å². The topological polar surface area (TPSA) is 148 Å². The van der Waals surface area contributed by atoms with E-state index in [1.165, 1.54) is 17.1 Å². The van der Waals surface area contributed by atoms with E-state index in [9.17, 15) is 14.7 Å². The van der Waals surface area contributed by atoms with Crippen LogP contribution in [0.1, 0.15) is 10.6 Å². The van der Waals surface area contributed by atoms with Gasteiger partial charge in [0.15, 0.2) is 5.52 Å². The van der Waals surface area contributed by atoms with E-state index < -0.39 is 5.97 Å². The van der Waals surface area contributed by atoms with E-state index in [0.29, 0.717) is 11.5 Å². The number of aromatic nitrogens is 5. The van der Waals surface area contributed by atoms with Gasteiger partial charge in [0.1, 0.15) is 29.2 Å². The Bertz CT molecular complexity index is 1230. The fourth-order valence-electron chi connectivity index (χ4n) is 2.65. The summed E-state index contributed by atoms with van der Waals surface area (Å²) < 4.78 is 6.22. The molecule has 0 bridgehead atoms. The van der Waals surface area contributed by atoms with Crippen molar-refractivity contribution in [3.8, 4) is 5.82 Å². The minimum Gasteiger partial charge on any atom is -0.475 e. The van der Waals surface area contributed by atoms with Crippen LogP contribution >= 0.6 is 0 Å². The van der Waals surface area contributed by atoms with Crippen molar-refractivity contribution in [1.82, 2.24) is 24.7 Å². The van der Waals surface area contributed by atoms with Gasteiger partial charge in [-0.3, -0.25) is 9.36 Å². The highest BCUT2D eigenvalue weighted by Crippen LogP contribution is 2.27. The lowest BCUT2D eigenvalue weighted by atomic mass is 10.2. The zero-order valence-corrected chi connectivity index (χ0v) is 14.4. The Morgan fingerprint density at radius 3 is 2.82 bits per heavy atom. The lowest BCUT2D eigenvalue weighted by Crippen LogP contribution is -2.21. The molecule has 0 amide bonds. The number of hydrogen-bond acceptors (Lipinski definition) is 9. The summed E-state index contributed by atoms with van der Waals surface area (Å²) in [4.78, 5) is 36.2. The van der Waals surface area contributed by atoms with Crippen LogP contribution in [-0.2, 0) is 0 Å². The van der Waals surface area contributed by atoms with Gasteiger partial charge in [-0.2, -0.15) is 0 Å². The molecule has 0 fully saturated rings. The van der Waals surface area contributed by atoms with E-state index in [-0.39, 0.29) is 33.9 Å². The van der Waals surface area contributed by atoms with Crippen molar-refractivity contribution in [1.29, 1.82) is 0 Å². The van der Waals surface area contributed by atoms with Crippen molar-refractivity contribution in [2.24, 2.45) is 0 Å². The monoisotopic (exact) mass is 379 g/mol. The molecule has 0 aliphatic heterocycles. The lowest BCUT2D eigenvalue weighted by Gasteiger charge is -2.10. The standard InChI is InChI=1S/C17H13N7O4/c1-18-10-7-11(22-14-13(10)23-28-15(14)17(26)27)21-9-3-2-6-24(16(9)25)12-4-5-19-8-20-12/h2-8,18H,1H3,(H,21,22)(H,26,27). The number of fused-ring (bicyclic) bond motifs is 1. The number of nitrogens with one attached hydrogen (secondary N) is 2. The number of hydrogen-bond donors (Lipinski definition) is 3. The number of carbonyl (C=O) groups is 1. The van der Waals surface area contributed by atoms with Gasteiger partial charge in [0, 0.05) is 25.5 Å². The minimum atomic E-state index is -1.29. The third kappa shape index (κ3) is 2.90. The molecule has 0 unspecified atom stereocenters. The highest BCUT2D eigenvalue weighted by Gasteiger charge is 2.20. The summed E-state index contributed by atoms with van der Waals surface area (Å²) in [5, 5.41) is 18.8. The predicted molar refractivity (Wildman–Crippen MR) is 99.2 cm³/mol. The zero-order valence-electron chi connectivity index (χ0n) is 14.4. The van der Waals surface area contributed by atoms with E-state index in [0.717, 1.165) is 0 Å². The van der Waals surface area contributed by atoms with E-state index in [1.807, 2.05) is 0 Å². The molecule has 11 nitrogen and oxygen atoms in total. The second-order valence-corrected chi connectivity index (χ2v) is 5.61. The molecule has 0 saturated carbocycles. The first-order valence-corrected chi connectivity index (χ1v) is 8.05. The largest absolute Gasteiger partial charge is 0.475 e. The molecule has 0 aromatic carbocycles. The summed E-state index contributed by atoms with van der Waals surface area (Å²) >= 11 is 0. The molecule has 4 rings (SSSR count). The van der Waals surface area contributed by atoms with Crippen molar-refractivity contribution in [2.75, 3.05) is 17.7 Å². The van der Waals surface area contributed by atoms with Crippen LogP contribution in [0, 0.1) is 0 Å². The number of carboxylic acid groups (broad SMARTS) is 1. The summed E-state index contributed by atoms with van der Waals surface area (Å²) in [6.45, 7) is 0. The number of anilines is 3. The van der Waals surface area contributed by atoms with Crippen LogP contribution in [0.2, 0.25) is 0 Å². The maximum atomic E-state index is 12.8. The molecule has 4 aromatic heterocycles. The summed E-state index contributed by atoms with van der Waals surface area (Å²) in [6.07, 6.45) is 4.45. The van der Waals surface area contributed by atoms with Crippen LogP contribution in [-0.4, -0.2) is 42.8 Å². The molecule has 3 N–H and O–H groups in total. The third-order valence-corrected chi connectivity index (χ3v) is 3.92. The molecule has 0 saturated heterocycles. The second kappa shape index (κ2) is 6.79. The van der Waals surface area contributed by atoms with Gasteiger partial charge in [-0.05, 0) is 18.2 Å². The SMILES string of the molecule is CNc1cc(Nc2cccn(-c3ccncn3)c2=O)nc2c(C(=O)O)onc12. The molecule has 0 spiro atoms. The number of nitrogens with zero attached hydrogens (tertiary/aromatic N) is 5.